The van der Waals surface area contributed by atoms with Gasteiger partial charge in [-0.05, 0) is 37.8 Å². The fraction of sp³-hybridized carbons (Fsp3) is 0.600. The van der Waals surface area contributed by atoms with E-state index in [0.717, 1.165) is 12.0 Å². The van der Waals surface area contributed by atoms with Crippen LogP contribution in [-0.2, 0) is 0 Å². The summed E-state index contributed by atoms with van der Waals surface area (Å²) in [5, 5.41) is 0. The summed E-state index contributed by atoms with van der Waals surface area (Å²) in [5.74, 6) is 0.399. The van der Waals surface area contributed by atoms with E-state index in [1.54, 1.807) is 6.07 Å². The van der Waals surface area contributed by atoms with Gasteiger partial charge in [-0.2, -0.15) is 0 Å². The maximum Gasteiger partial charge on any atom is 0.146 e. The van der Waals surface area contributed by atoms with Gasteiger partial charge in [0, 0.05) is 19.1 Å². The first-order chi connectivity index (χ1) is 8.34. The monoisotopic (exact) mass is 252 g/mol. The second-order valence-electron chi connectivity index (χ2n) is 5.56. The minimum atomic E-state index is -0.192. The molecule has 3 heteroatoms. The minimum absolute atomic E-state index is 0.163. The molecule has 1 rings (SSSR count). The third kappa shape index (κ3) is 3.45. The molecule has 102 valence electrons. The van der Waals surface area contributed by atoms with E-state index in [9.17, 15) is 4.39 Å². The van der Waals surface area contributed by atoms with Gasteiger partial charge >= 0.3 is 0 Å². The highest BCUT2D eigenvalue weighted by Crippen LogP contribution is 2.30. The summed E-state index contributed by atoms with van der Waals surface area (Å²) in [4.78, 5) is 2.01. The van der Waals surface area contributed by atoms with E-state index in [0.29, 0.717) is 17.6 Å². The number of hydrogen-bond acceptors (Lipinski definition) is 2. The van der Waals surface area contributed by atoms with E-state index in [4.69, 9.17) is 5.73 Å². The lowest BCUT2D eigenvalue weighted by molar-refractivity contribution is 0.496. The van der Waals surface area contributed by atoms with Crippen molar-refractivity contribution in [1.29, 1.82) is 0 Å². The largest absolute Gasteiger partial charge is 0.369 e. The second-order valence-corrected chi connectivity index (χ2v) is 5.56. The number of para-hydroxylation sites is 1. The van der Waals surface area contributed by atoms with Gasteiger partial charge in [0.25, 0.3) is 0 Å². The smallest absolute Gasteiger partial charge is 0.146 e. The van der Waals surface area contributed by atoms with Gasteiger partial charge in [-0.25, -0.2) is 4.39 Å². The van der Waals surface area contributed by atoms with Crippen molar-refractivity contribution >= 4 is 5.69 Å². The average molecular weight is 252 g/mol. The van der Waals surface area contributed by atoms with Crippen LogP contribution in [-0.4, -0.2) is 13.1 Å². The molecule has 0 saturated heterocycles. The molecule has 0 aliphatic carbocycles. The fourth-order valence-electron chi connectivity index (χ4n) is 2.33. The molecular weight excluding hydrogens is 227 g/mol. The van der Waals surface area contributed by atoms with Crippen molar-refractivity contribution in [3.63, 3.8) is 0 Å². The lowest BCUT2D eigenvalue weighted by Gasteiger charge is -2.31. The molecule has 0 fully saturated rings. The van der Waals surface area contributed by atoms with Gasteiger partial charge in [-0.1, -0.05) is 26.0 Å². The molecule has 0 spiro atoms. The molecule has 18 heavy (non-hydrogen) atoms. The second kappa shape index (κ2) is 6.19. The topological polar surface area (TPSA) is 29.3 Å². The molecular formula is C15H25FN2. The van der Waals surface area contributed by atoms with Crippen LogP contribution in [0, 0.1) is 11.7 Å². The molecule has 0 aromatic heterocycles. The highest BCUT2D eigenvalue weighted by Gasteiger charge is 2.19. The van der Waals surface area contributed by atoms with E-state index in [-0.39, 0.29) is 11.9 Å². The van der Waals surface area contributed by atoms with E-state index in [1.807, 2.05) is 24.9 Å². The Morgan fingerprint density at radius 3 is 2.33 bits per heavy atom. The normalized spacial score (nSPS) is 14.7. The third-order valence-corrected chi connectivity index (χ3v) is 3.33. The lowest BCUT2D eigenvalue weighted by Crippen LogP contribution is -2.32. The zero-order chi connectivity index (χ0) is 13.9. The highest BCUT2D eigenvalue weighted by molar-refractivity contribution is 5.56. The van der Waals surface area contributed by atoms with Crippen LogP contribution in [0.25, 0.3) is 0 Å². The first kappa shape index (κ1) is 15.0. The third-order valence-electron chi connectivity index (χ3n) is 3.33. The average Bonchev–Trinajstić information content (AvgIpc) is 2.26. The Morgan fingerprint density at radius 2 is 1.83 bits per heavy atom. The molecule has 2 N–H and O–H groups in total. The first-order valence-corrected chi connectivity index (χ1v) is 6.61. The SMILES string of the molecule is CC(C)CC(C)N(C)c1c(F)cccc1C(C)N. The molecule has 0 saturated carbocycles. The van der Waals surface area contributed by atoms with Gasteiger partial charge < -0.3 is 10.6 Å². The summed E-state index contributed by atoms with van der Waals surface area (Å²) < 4.78 is 14.1. The van der Waals surface area contributed by atoms with Crippen LogP contribution >= 0.6 is 0 Å². The first-order valence-electron chi connectivity index (χ1n) is 6.61. The van der Waals surface area contributed by atoms with Crippen molar-refractivity contribution in [3.05, 3.63) is 29.6 Å². The van der Waals surface area contributed by atoms with Crippen LogP contribution in [0.3, 0.4) is 0 Å². The lowest BCUT2D eigenvalue weighted by atomic mass is 10.0. The summed E-state index contributed by atoms with van der Waals surface area (Å²) in [5.41, 5.74) is 7.44. The molecule has 0 heterocycles. The van der Waals surface area contributed by atoms with E-state index >= 15 is 0 Å². The molecule has 0 bridgehead atoms. The van der Waals surface area contributed by atoms with Crippen molar-refractivity contribution in [3.8, 4) is 0 Å². The predicted molar refractivity (Wildman–Crippen MR) is 76.3 cm³/mol. The highest BCUT2D eigenvalue weighted by atomic mass is 19.1. The maximum absolute atomic E-state index is 14.1. The van der Waals surface area contributed by atoms with Gasteiger partial charge in [0.05, 0.1) is 5.69 Å². The summed E-state index contributed by atoms with van der Waals surface area (Å²) in [6, 6.07) is 5.25. The molecule has 2 nitrogen and oxygen atoms in total. The van der Waals surface area contributed by atoms with Crippen molar-refractivity contribution in [2.45, 2.75) is 46.2 Å². The van der Waals surface area contributed by atoms with Crippen LogP contribution in [0.2, 0.25) is 0 Å². The molecule has 2 unspecified atom stereocenters. The summed E-state index contributed by atoms with van der Waals surface area (Å²) in [6.07, 6.45) is 1.03. The quantitative estimate of drug-likeness (QED) is 0.865. The van der Waals surface area contributed by atoms with Gasteiger partial charge in [0.15, 0.2) is 0 Å². The van der Waals surface area contributed by atoms with Gasteiger partial charge in [-0.15, -0.1) is 0 Å². The van der Waals surface area contributed by atoms with E-state index < -0.39 is 0 Å². The minimum Gasteiger partial charge on any atom is -0.369 e. The predicted octanol–water partition coefficient (Wildman–Crippen LogP) is 3.72. The number of nitrogens with two attached hydrogens (primary N) is 1. The Bertz CT molecular complexity index is 388. The van der Waals surface area contributed by atoms with Crippen LogP contribution < -0.4 is 10.6 Å². The molecule has 0 aliphatic rings. The molecule has 2 atom stereocenters. The number of halogens is 1. The Hall–Kier alpha value is -1.09. The van der Waals surface area contributed by atoms with Gasteiger partial charge in [0.2, 0.25) is 0 Å². The van der Waals surface area contributed by atoms with Crippen LogP contribution in [0.15, 0.2) is 18.2 Å². The number of rotatable bonds is 5. The molecule has 0 aliphatic heterocycles. The Morgan fingerprint density at radius 1 is 1.22 bits per heavy atom. The molecule has 1 aromatic carbocycles. The number of hydrogen-bond donors (Lipinski definition) is 1. The van der Waals surface area contributed by atoms with Crippen molar-refractivity contribution in [2.75, 3.05) is 11.9 Å². The molecule has 0 amide bonds. The fourth-order valence-corrected chi connectivity index (χ4v) is 2.33. The van der Waals surface area contributed by atoms with Crippen molar-refractivity contribution in [2.24, 2.45) is 11.7 Å². The van der Waals surface area contributed by atoms with Crippen LogP contribution in [0.1, 0.15) is 45.7 Å². The van der Waals surface area contributed by atoms with Gasteiger partial charge in [0.1, 0.15) is 5.82 Å². The zero-order valence-electron chi connectivity index (χ0n) is 12.1. The zero-order valence-corrected chi connectivity index (χ0v) is 12.1. The Balaban J connectivity index is 3.07. The number of nitrogens with zero attached hydrogens (tertiary/aromatic N) is 1. The van der Waals surface area contributed by atoms with Crippen LogP contribution in [0.4, 0.5) is 10.1 Å². The summed E-state index contributed by atoms with van der Waals surface area (Å²) in [7, 11) is 1.94. The number of anilines is 1. The summed E-state index contributed by atoms with van der Waals surface area (Å²) >= 11 is 0. The van der Waals surface area contributed by atoms with Crippen molar-refractivity contribution < 1.29 is 4.39 Å². The standard InChI is InChI=1S/C15H25FN2/c1-10(2)9-11(3)18(5)15-13(12(4)17)7-6-8-14(15)16/h6-8,10-12H,9,17H2,1-5H3. The Kier molecular flexibility index (Phi) is 5.15. The van der Waals surface area contributed by atoms with E-state index in [2.05, 4.69) is 20.8 Å². The molecule has 1 aromatic rings. The van der Waals surface area contributed by atoms with Crippen molar-refractivity contribution in [1.82, 2.24) is 0 Å². The van der Waals surface area contributed by atoms with Gasteiger partial charge in [-0.3, -0.25) is 0 Å². The van der Waals surface area contributed by atoms with Crippen LogP contribution in [0.5, 0.6) is 0 Å². The van der Waals surface area contributed by atoms with E-state index in [1.165, 1.54) is 6.07 Å². The number of benzene rings is 1. The summed E-state index contributed by atoms with van der Waals surface area (Å²) in [6.45, 7) is 8.37. The Labute approximate surface area is 110 Å². The maximum atomic E-state index is 14.1. The molecule has 0 radical (unpaired) electrons.